The molecule has 3 aromatic carbocycles. The van der Waals surface area contributed by atoms with Crippen molar-refractivity contribution in [2.45, 2.75) is 32.0 Å². The highest BCUT2D eigenvalue weighted by Gasteiger charge is 2.21. The lowest BCUT2D eigenvalue weighted by atomic mass is 10.0. The minimum Gasteiger partial charge on any atom is -0.491 e. The number of halogens is 1. The topological polar surface area (TPSA) is 97.3 Å². The van der Waals surface area contributed by atoms with Gasteiger partial charge in [0.05, 0.1) is 0 Å². The normalized spacial score (nSPS) is 15.6. The summed E-state index contributed by atoms with van der Waals surface area (Å²) in [5.41, 5.74) is 1.02. The van der Waals surface area contributed by atoms with Gasteiger partial charge in [0.2, 0.25) is 0 Å². The second-order valence-corrected chi connectivity index (χ2v) is 8.49. The Hall–Kier alpha value is -3.62. The van der Waals surface area contributed by atoms with Crippen LogP contribution in [0.4, 0.5) is 4.39 Å². The Labute approximate surface area is 203 Å². The van der Waals surface area contributed by atoms with Crippen LogP contribution in [-0.4, -0.2) is 48.1 Å². The molecule has 1 aliphatic rings. The van der Waals surface area contributed by atoms with Crippen LogP contribution in [0.3, 0.4) is 0 Å². The quantitative estimate of drug-likeness (QED) is 0.396. The maximum absolute atomic E-state index is 13.8. The van der Waals surface area contributed by atoms with Crippen LogP contribution in [0.25, 0.3) is 0 Å². The molecule has 3 aromatic rings. The van der Waals surface area contributed by atoms with Gasteiger partial charge in [-0.15, -0.1) is 0 Å². The number of aliphatic hydroxyl groups excluding tert-OH is 1. The van der Waals surface area contributed by atoms with E-state index in [1.54, 1.807) is 19.1 Å². The molecule has 0 fully saturated rings. The second kappa shape index (κ2) is 11.2. The largest absolute Gasteiger partial charge is 0.491 e. The van der Waals surface area contributed by atoms with E-state index in [1.807, 2.05) is 36.4 Å². The number of hydrogen-bond donors (Lipinski definition) is 3. The lowest BCUT2D eigenvalue weighted by molar-refractivity contribution is 0.0693. The number of rotatable bonds is 10. The zero-order valence-corrected chi connectivity index (χ0v) is 19.4. The molecule has 8 heteroatoms. The minimum absolute atomic E-state index is 0.0464. The number of hydrogen-bond acceptors (Lipinski definition) is 6. The van der Waals surface area contributed by atoms with Crippen LogP contribution in [0.15, 0.2) is 60.7 Å². The lowest BCUT2D eigenvalue weighted by Gasteiger charge is -2.27. The average Bonchev–Trinajstić information content (AvgIpc) is 2.85. The average molecular weight is 482 g/mol. The van der Waals surface area contributed by atoms with Crippen molar-refractivity contribution in [2.24, 2.45) is 0 Å². The van der Waals surface area contributed by atoms with E-state index in [1.165, 1.54) is 6.07 Å². The second-order valence-electron chi connectivity index (χ2n) is 8.49. The van der Waals surface area contributed by atoms with Crippen LogP contribution in [0.5, 0.6) is 23.0 Å². The summed E-state index contributed by atoms with van der Waals surface area (Å²) < 4.78 is 31.2. The first kappa shape index (κ1) is 24.5. The number of ether oxygens (including phenoxy) is 3. The third kappa shape index (κ3) is 6.49. The zero-order valence-electron chi connectivity index (χ0n) is 19.4. The summed E-state index contributed by atoms with van der Waals surface area (Å²) in [6.45, 7) is 2.72. The van der Waals surface area contributed by atoms with E-state index in [0.717, 1.165) is 36.0 Å². The number of aryl methyl sites for hydroxylation is 2. The molecule has 0 aliphatic carbocycles. The summed E-state index contributed by atoms with van der Waals surface area (Å²) in [4.78, 5) is 11.5. The Balaban J connectivity index is 1.28. The van der Waals surface area contributed by atoms with Crippen LogP contribution in [-0.2, 0) is 6.42 Å². The number of nitrogens with one attached hydrogen (secondary N) is 1. The Bertz CT molecular complexity index is 1170. The van der Waals surface area contributed by atoms with Crippen LogP contribution in [0.2, 0.25) is 0 Å². The first-order valence-corrected chi connectivity index (χ1v) is 11.5. The van der Waals surface area contributed by atoms with Crippen molar-refractivity contribution >= 4 is 5.97 Å². The van der Waals surface area contributed by atoms with Gasteiger partial charge in [-0.1, -0.05) is 18.2 Å². The van der Waals surface area contributed by atoms with E-state index in [9.17, 15) is 19.4 Å². The zero-order chi connectivity index (χ0) is 24.8. The van der Waals surface area contributed by atoms with Gasteiger partial charge >= 0.3 is 5.97 Å². The molecular weight excluding hydrogens is 453 g/mol. The fourth-order valence-corrected chi connectivity index (χ4v) is 3.84. The third-order valence-electron chi connectivity index (χ3n) is 5.72. The minimum atomic E-state index is -1.26. The van der Waals surface area contributed by atoms with Gasteiger partial charge in [-0.3, -0.25) is 0 Å². The predicted molar refractivity (Wildman–Crippen MR) is 128 cm³/mol. The van der Waals surface area contributed by atoms with Gasteiger partial charge in [-0.2, -0.15) is 0 Å². The molecule has 4 rings (SSSR count). The molecule has 0 saturated heterocycles. The number of carboxylic acids is 1. The maximum atomic E-state index is 13.8. The Morgan fingerprint density at radius 3 is 2.74 bits per heavy atom. The Morgan fingerprint density at radius 1 is 1.17 bits per heavy atom. The van der Waals surface area contributed by atoms with Crippen molar-refractivity contribution in [2.75, 3.05) is 19.7 Å². The molecule has 0 aromatic heterocycles. The van der Waals surface area contributed by atoms with Crippen molar-refractivity contribution in [3.63, 3.8) is 0 Å². The molecule has 1 heterocycles. The first-order chi connectivity index (χ1) is 16.9. The van der Waals surface area contributed by atoms with Crippen molar-refractivity contribution in [1.82, 2.24) is 5.32 Å². The number of carboxylic acid groups (broad SMARTS) is 1. The van der Waals surface area contributed by atoms with Crippen molar-refractivity contribution < 1.29 is 33.6 Å². The van der Waals surface area contributed by atoms with E-state index in [4.69, 9.17) is 14.2 Å². The highest BCUT2D eigenvalue weighted by molar-refractivity contribution is 5.91. The highest BCUT2D eigenvalue weighted by Crippen LogP contribution is 2.34. The lowest BCUT2D eigenvalue weighted by Crippen LogP contribution is -2.39. The number of para-hydroxylation sites is 1. The molecular formula is C27H28FNO6. The number of carbonyl (C=O) groups is 1. The van der Waals surface area contributed by atoms with Gasteiger partial charge in [-0.05, 0) is 73.4 Å². The highest BCUT2D eigenvalue weighted by atomic mass is 19.1. The van der Waals surface area contributed by atoms with Gasteiger partial charge in [0.25, 0.3) is 0 Å². The van der Waals surface area contributed by atoms with Gasteiger partial charge in [0, 0.05) is 13.1 Å². The van der Waals surface area contributed by atoms with E-state index >= 15 is 0 Å². The Kier molecular flexibility index (Phi) is 7.84. The molecule has 2 atom stereocenters. The predicted octanol–water partition coefficient (Wildman–Crippen LogP) is 4.35. The SMILES string of the molecule is Cc1cc(Oc2ccc3c(c2)CC[C@H](CNC[C@H](O)COc2ccccc2)O3)c(C(=O)O)cc1F. The van der Waals surface area contributed by atoms with Gasteiger partial charge in [-0.25, -0.2) is 9.18 Å². The molecule has 184 valence electrons. The smallest absolute Gasteiger partial charge is 0.339 e. The van der Waals surface area contributed by atoms with Crippen molar-refractivity contribution in [1.29, 1.82) is 0 Å². The Morgan fingerprint density at radius 2 is 1.97 bits per heavy atom. The summed E-state index contributed by atoms with van der Waals surface area (Å²) >= 11 is 0. The van der Waals surface area contributed by atoms with Gasteiger partial charge in [0.15, 0.2) is 0 Å². The molecule has 3 N–H and O–H groups in total. The molecule has 0 spiro atoms. The summed E-state index contributed by atoms with van der Waals surface area (Å²) in [6.07, 6.45) is 0.842. The molecule has 1 aliphatic heterocycles. The number of aliphatic hydroxyl groups is 1. The maximum Gasteiger partial charge on any atom is 0.339 e. The summed E-state index contributed by atoms with van der Waals surface area (Å²) in [5, 5.41) is 22.7. The summed E-state index contributed by atoms with van der Waals surface area (Å²) in [5.74, 6) is 0.147. The molecule has 0 saturated carbocycles. The molecule has 0 amide bonds. The van der Waals surface area contributed by atoms with Gasteiger partial charge < -0.3 is 29.7 Å². The van der Waals surface area contributed by atoms with Gasteiger partial charge in [0.1, 0.15) is 53.2 Å². The third-order valence-corrected chi connectivity index (χ3v) is 5.72. The fourth-order valence-electron chi connectivity index (χ4n) is 3.84. The number of benzene rings is 3. The molecule has 0 unspecified atom stereocenters. The fraction of sp³-hybridized carbons (Fsp3) is 0.296. The van der Waals surface area contributed by atoms with E-state index in [2.05, 4.69) is 5.32 Å². The first-order valence-electron chi connectivity index (χ1n) is 11.5. The van der Waals surface area contributed by atoms with Crippen molar-refractivity contribution in [3.8, 4) is 23.0 Å². The van der Waals surface area contributed by atoms with Crippen molar-refractivity contribution in [3.05, 3.63) is 83.2 Å². The standard InChI is InChI=1S/C27H28FNO6/c1-17-11-26(23(27(31)32)13-24(17)28)34-21-9-10-25-18(12-21)7-8-22(35-25)15-29-14-19(30)16-33-20-5-3-2-4-6-20/h2-6,9-13,19,22,29-30H,7-8,14-16H2,1H3,(H,31,32)/t19-,22+/m0/s1. The number of fused-ring (bicyclic) bond motifs is 1. The van der Waals surface area contributed by atoms with E-state index < -0.39 is 17.9 Å². The summed E-state index contributed by atoms with van der Waals surface area (Å²) in [6, 6.07) is 17.0. The van der Waals surface area contributed by atoms with E-state index in [0.29, 0.717) is 24.4 Å². The monoisotopic (exact) mass is 481 g/mol. The number of aromatic carboxylic acids is 1. The summed E-state index contributed by atoms with van der Waals surface area (Å²) in [7, 11) is 0. The van der Waals surface area contributed by atoms with Crippen LogP contribution < -0.4 is 19.5 Å². The molecule has 7 nitrogen and oxygen atoms in total. The van der Waals surface area contributed by atoms with E-state index in [-0.39, 0.29) is 24.0 Å². The van der Waals surface area contributed by atoms with Crippen LogP contribution in [0.1, 0.15) is 27.9 Å². The molecule has 35 heavy (non-hydrogen) atoms. The molecule has 0 radical (unpaired) electrons. The van der Waals surface area contributed by atoms with Crippen LogP contribution >= 0.6 is 0 Å². The van der Waals surface area contributed by atoms with Crippen LogP contribution in [0, 0.1) is 12.7 Å². The molecule has 0 bridgehead atoms.